The number of aromatic nitrogens is 2. The van der Waals surface area contributed by atoms with E-state index in [1.54, 1.807) is 0 Å². The average molecular weight is 206 g/mol. The summed E-state index contributed by atoms with van der Waals surface area (Å²) in [6.07, 6.45) is 1.83. The summed E-state index contributed by atoms with van der Waals surface area (Å²) in [7, 11) is 0. The van der Waals surface area contributed by atoms with Gasteiger partial charge in [-0.2, -0.15) is 0 Å². The molecule has 1 aliphatic rings. The Morgan fingerprint density at radius 2 is 2.27 bits per heavy atom. The summed E-state index contributed by atoms with van der Waals surface area (Å²) in [5.41, 5.74) is 1.03. The van der Waals surface area contributed by atoms with Crippen LogP contribution in [-0.2, 0) is 0 Å². The van der Waals surface area contributed by atoms with Crippen LogP contribution in [0.2, 0.25) is 0 Å². The third-order valence-corrected chi connectivity index (χ3v) is 2.80. The summed E-state index contributed by atoms with van der Waals surface area (Å²) in [5.74, 6) is 0.857. The number of rotatable bonds is 1. The molecule has 2 unspecified atom stereocenters. The SMILES string of the molecule is Cc1ccnc(N2CC(C)NCC2C)n1. The second-order valence-corrected chi connectivity index (χ2v) is 4.31. The summed E-state index contributed by atoms with van der Waals surface area (Å²) >= 11 is 0. The predicted octanol–water partition coefficient (Wildman–Crippen LogP) is 0.972. The Morgan fingerprint density at radius 1 is 1.47 bits per heavy atom. The summed E-state index contributed by atoms with van der Waals surface area (Å²) in [6.45, 7) is 8.36. The molecule has 2 heterocycles. The van der Waals surface area contributed by atoms with E-state index in [0.29, 0.717) is 12.1 Å². The molecule has 0 radical (unpaired) electrons. The fourth-order valence-electron chi connectivity index (χ4n) is 1.87. The smallest absolute Gasteiger partial charge is 0.225 e. The quantitative estimate of drug-likeness (QED) is 0.743. The van der Waals surface area contributed by atoms with E-state index in [9.17, 15) is 0 Å². The van der Waals surface area contributed by atoms with Gasteiger partial charge < -0.3 is 10.2 Å². The average Bonchev–Trinajstić information content (AvgIpc) is 2.22. The molecule has 1 N–H and O–H groups in total. The monoisotopic (exact) mass is 206 g/mol. The number of hydrogen-bond donors (Lipinski definition) is 1. The second kappa shape index (κ2) is 4.14. The number of piperazine rings is 1. The molecular formula is C11H18N4. The van der Waals surface area contributed by atoms with Crippen molar-refractivity contribution in [3.05, 3.63) is 18.0 Å². The van der Waals surface area contributed by atoms with Crippen molar-refractivity contribution in [1.29, 1.82) is 0 Å². The van der Waals surface area contributed by atoms with Crippen molar-refractivity contribution in [1.82, 2.24) is 15.3 Å². The van der Waals surface area contributed by atoms with Gasteiger partial charge in [-0.3, -0.25) is 0 Å². The Hall–Kier alpha value is -1.16. The number of hydrogen-bond acceptors (Lipinski definition) is 4. The Morgan fingerprint density at radius 3 is 3.00 bits per heavy atom. The molecule has 15 heavy (non-hydrogen) atoms. The molecule has 1 saturated heterocycles. The van der Waals surface area contributed by atoms with Gasteiger partial charge in [-0.05, 0) is 26.8 Å². The molecule has 1 aliphatic heterocycles. The normalized spacial score (nSPS) is 26.7. The van der Waals surface area contributed by atoms with E-state index in [1.807, 2.05) is 19.2 Å². The molecule has 4 nitrogen and oxygen atoms in total. The van der Waals surface area contributed by atoms with Gasteiger partial charge in [-0.1, -0.05) is 0 Å². The van der Waals surface area contributed by atoms with Crippen LogP contribution in [0.5, 0.6) is 0 Å². The van der Waals surface area contributed by atoms with Crippen LogP contribution in [0.3, 0.4) is 0 Å². The highest BCUT2D eigenvalue weighted by atomic mass is 15.3. The molecule has 0 bridgehead atoms. The van der Waals surface area contributed by atoms with Crippen LogP contribution >= 0.6 is 0 Å². The molecule has 82 valence electrons. The molecule has 1 aromatic heterocycles. The third kappa shape index (κ3) is 2.26. The van der Waals surface area contributed by atoms with Crippen LogP contribution in [0.4, 0.5) is 5.95 Å². The third-order valence-electron chi connectivity index (χ3n) is 2.80. The van der Waals surface area contributed by atoms with Crippen molar-refractivity contribution >= 4 is 5.95 Å². The minimum Gasteiger partial charge on any atom is -0.335 e. The molecular weight excluding hydrogens is 188 g/mol. The van der Waals surface area contributed by atoms with Gasteiger partial charge in [0.15, 0.2) is 0 Å². The molecule has 0 aliphatic carbocycles. The zero-order chi connectivity index (χ0) is 10.8. The molecule has 2 rings (SSSR count). The van der Waals surface area contributed by atoms with Crippen LogP contribution < -0.4 is 10.2 Å². The lowest BCUT2D eigenvalue weighted by Gasteiger charge is -2.37. The lowest BCUT2D eigenvalue weighted by Crippen LogP contribution is -2.55. The van der Waals surface area contributed by atoms with E-state index in [-0.39, 0.29) is 0 Å². The summed E-state index contributed by atoms with van der Waals surface area (Å²) in [6, 6.07) is 2.90. The van der Waals surface area contributed by atoms with Crippen LogP contribution in [0.1, 0.15) is 19.5 Å². The van der Waals surface area contributed by atoms with Crippen molar-refractivity contribution in [3.63, 3.8) is 0 Å². The van der Waals surface area contributed by atoms with Crippen molar-refractivity contribution in [2.75, 3.05) is 18.0 Å². The van der Waals surface area contributed by atoms with Gasteiger partial charge in [-0.25, -0.2) is 9.97 Å². The van der Waals surface area contributed by atoms with E-state index >= 15 is 0 Å². The minimum absolute atomic E-state index is 0.461. The van der Waals surface area contributed by atoms with Gasteiger partial charge in [0.1, 0.15) is 0 Å². The van der Waals surface area contributed by atoms with Crippen molar-refractivity contribution in [3.8, 4) is 0 Å². The van der Waals surface area contributed by atoms with Gasteiger partial charge in [0.05, 0.1) is 0 Å². The summed E-state index contributed by atoms with van der Waals surface area (Å²) < 4.78 is 0. The zero-order valence-electron chi connectivity index (χ0n) is 9.57. The van der Waals surface area contributed by atoms with E-state index in [4.69, 9.17) is 0 Å². The zero-order valence-corrected chi connectivity index (χ0v) is 9.57. The van der Waals surface area contributed by atoms with Crippen LogP contribution in [0.25, 0.3) is 0 Å². The number of aryl methyl sites for hydroxylation is 1. The second-order valence-electron chi connectivity index (χ2n) is 4.31. The lowest BCUT2D eigenvalue weighted by atomic mass is 10.1. The van der Waals surface area contributed by atoms with Gasteiger partial charge in [0, 0.05) is 37.1 Å². The Balaban J connectivity index is 2.21. The molecule has 0 saturated carbocycles. The first kappa shape index (κ1) is 10.4. The van der Waals surface area contributed by atoms with E-state index in [1.165, 1.54) is 0 Å². The van der Waals surface area contributed by atoms with Crippen LogP contribution in [0, 0.1) is 6.92 Å². The number of nitrogens with zero attached hydrogens (tertiary/aromatic N) is 3. The Bertz CT molecular complexity index is 339. The molecule has 2 atom stereocenters. The minimum atomic E-state index is 0.461. The first-order valence-corrected chi connectivity index (χ1v) is 5.46. The highest BCUT2D eigenvalue weighted by molar-refractivity contribution is 5.33. The van der Waals surface area contributed by atoms with Crippen LogP contribution in [0.15, 0.2) is 12.3 Å². The fourth-order valence-corrected chi connectivity index (χ4v) is 1.87. The first-order valence-electron chi connectivity index (χ1n) is 5.46. The van der Waals surface area contributed by atoms with Gasteiger partial charge in [-0.15, -0.1) is 0 Å². The predicted molar refractivity (Wildman–Crippen MR) is 61.0 cm³/mol. The number of anilines is 1. The fraction of sp³-hybridized carbons (Fsp3) is 0.636. The summed E-state index contributed by atoms with van der Waals surface area (Å²) in [4.78, 5) is 11.1. The molecule has 0 amide bonds. The molecule has 0 aromatic carbocycles. The van der Waals surface area contributed by atoms with E-state index < -0.39 is 0 Å². The molecule has 1 fully saturated rings. The Labute approximate surface area is 90.7 Å². The highest BCUT2D eigenvalue weighted by Gasteiger charge is 2.24. The standard InChI is InChI=1S/C11H18N4/c1-8-4-5-12-11(14-8)15-7-9(2)13-6-10(15)3/h4-5,9-10,13H,6-7H2,1-3H3. The highest BCUT2D eigenvalue weighted by Crippen LogP contribution is 2.14. The largest absolute Gasteiger partial charge is 0.335 e. The molecule has 4 heteroatoms. The Kier molecular flexibility index (Phi) is 2.86. The maximum atomic E-state index is 4.47. The maximum absolute atomic E-state index is 4.47. The van der Waals surface area contributed by atoms with E-state index in [2.05, 4.69) is 34.0 Å². The van der Waals surface area contributed by atoms with Gasteiger partial charge in [0.25, 0.3) is 0 Å². The van der Waals surface area contributed by atoms with Crippen LogP contribution in [-0.4, -0.2) is 35.1 Å². The lowest BCUT2D eigenvalue weighted by molar-refractivity contribution is 0.419. The van der Waals surface area contributed by atoms with Gasteiger partial charge >= 0.3 is 0 Å². The number of nitrogens with one attached hydrogen (secondary N) is 1. The van der Waals surface area contributed by atoms with Gasteiger partial charge in [0.2, 0.25) is 5.95 Å². The van der Waals surface area contributed by atoms with Crippen molar-refractivity contribution < 1.29 is 0 Å². The van der Waals surface area contributed by atoms with Crippen molar-refractivity contribution in [2.24, 2.45) is 0 Å². The molecule has 1 aromatic rings. The van der Waals surface area contributed by atoms with E-state index in [0.717, 1.165) is 24.7 Å². The van der Waals surface area contributed by atoms with Crippen molar-refractivity contribution in [2.45, 2.75) is 32.9 Å². The maximum Gasteiger partial charge on any atom is 0.225 e. The summed E-state index contributed by atoms with van der Waals surface area (Å²) in [5, 5.41) is 3.45. The topological polar surface area (TPSA) is 41.1 Å². The first-order chi connectivity index (χ1) is 7.16. The molecule has 0 spiro atoms.